The van der Waals surface area contributed by atoms with E-state index < -0.39 is 17.8 Å². The van der Waals surface area contributed by atoms with E-state index in [0.29, 0.717) is 11.3 Å². The molecule has 0 radical (unpaired) electrons. The van der Waals surface area contributed by atoms with Gasteiger partial charge in [0.15, 0.2) is 0 Å². The van der Waals surface area contributed by atoms with Crippen LogP contribution in [-0.2, 0) is 0 Å². The molecule has 25 heavy (non-hydrogen) atoms. The van der Waals surface area contributed by atoms with Crippen molar-refractivity contribution in [3.05, 3.63) is 59.2 Å². The van der Waals surface area contributed by atoms with Crippen LogP contribution in [0.4, 0.5) is 11.4 Å². The lowest BCUT2D eigenvalue weighted by atomic mass is 10.1. The van der Waals surface area contributed by atoms with E-state index in [1.165, 1.54) is 24.3 Å². The zero-order chi connectivity index (χ0) is 18.4. The lowest BCUT2D eigenvalue weighted by Crippen LogP contribution is -2.41. The van der Waals surface area contributed by atoms with Crippen molar-refractivity contribution < 1.29 is 24.6 Å². The number of hydrazine groups is 3. The molecule has 0 atom stereocenters. The van der Waals surface area contributed by atoms with Gasteiger partial charge in [0, 0.05) is 11.3 Å². The predicted octanol–water partition coefficient (Wildman–Crippen LogP) is 0.630. The Morgan fingerprint density at radius 3 is 1.84 bits per heavy atom. The lowest BCUT2D eigenvalue weighted by molar-refractivity contribution is 0.0696. The highest BCUT2D eigenvalue weighted by Crippen LogP contribution is 2.17. The van der Waals surface area contributed by atoms with Crippen molar-refractivity contribution in [3.63, 3.8) is 0 Å². The third-order valence-corrected chi connectivity index (χ3v) is 3.11. The molecule has 1 amide bonds. The maximum atomic E-state index is 12.2. The molecule has 0 fully saturated rings. The average Bonchev–Trinajstić information content (AvgIpc) is 2.59. The Morgan fingerprint density at radius 1 is 0.800 bits per heavy atom. The number of carbonyl (C=O) groups is 3. The van der Waals surface area contributed by atoms with Crippen LogP contribution in [-0.4, -0.2) is 28.1 Å². The van der Waals surface area contributed by atoms with E-state index in [1.54, 1.807) is 12.1 Å². The van der Waals surface area contributed by atoms with Gasteiger partial charge >= 0.3 is 11.9 Å². The van der Waals surface area contributed by atoms with Crippen molar-refractivity contribution in [2.24, 2.45) is 5.84 Å². The van der Waals surface area contributed by atoms with Crippen LogP contribution in [0.2, 0.25) is 0 Å². The number of rotatable bonds is 7. The summed E-state index contributed by atoms with van der Waals surface area (Å²) in [4.78, 5) is 34.4. The minimum absolute atomic E-state index is 0.0681. The van der Waals surface area contributed by atoms with Crippen molar-refractivity contribution in [1.82, 2.24) is 11.1 Å². The van der Waals surface area contributed by atoms with Crippen LogP contribution in [0.25, 0.3) is 0 Å². The summed E-state index contributed by atoms with van der Waals surface area (Å²) in [6.45, 7) is 0. The van der Waals surface area contributed by atoms with Gasteiger partial charge in [0.1, 0.15) is 0 Å². The highest BCUT2D eigenvalue weighted by molar-refractivity contribution is 6.06. The predicted molar refractivity (Wildman–Crippen MR) is 88.8 cm³/mol. The lowest BCUT2D eigenvalue weighted by Gasteiger charge is -2.09. The van der Waals surface area contributed by atoms with E-state index in [0.717, 1.165) is 6.07 Å². The van der Waals surface area contributed by atoms with Gasteiger partial charge in [-0.1, -0.05) is 0 Å². The monoisotopic (exact) mass is 345 g/mol. The first kappa shape index (κ1) is 17.9. The Balaban J connectivity index is 2.19. The number of carboxylic acid groups (broad SMARTS) is 2. The molecule has 0 aromatic heterocycles. The summed E-state index contributed by atoms with van der Waals surface area (Å²) in [6.07, 6.45) is 0. The van der Waals surface area contributed by atoms with Crippen LogP contribution in [0.5, 0.6) is 0 Å². The van der Waals surface area contributed by atoms with E-state index in [2.05, 4.69) is 21.8 Å². The molecule has 0 aliphatic heterocycles. The van der Waals surface area contributed by atoms with Gasteiger partial charge in [-0.05, 0) is 42.5 Å². The quantitative estimate of drug-likeness (QED) is 0.281. The van der Waals surface area contributed by atoms with Crippen LogP contribution >= 0.6 is 0 Å². The molecule has 2 rings (SSSR count). The smallest absolute Gasteiger partial charge is 0.335 e. The zero-order valence-corrected chi connectivity index (χ0v) is 12.7. The first-order valence-corrected chi connectivity index (χ1v) is 6.90. The summed E-state index contributed by atoms with van der Waals surface area (Å²) >= 11 is 0. The van der Waals surface area contributed by atoms with Crippen molar-refractivity contribution >= 4 is 29.2 Å². The fraction of sp³-hybridized carbons (Fsp3) is 0. The van der Waals surface area contributed by atoms with E-state index >= 15 is 0 Å². The maximum Gasteiger partial charge on any atom is 0.335 e. The van der Waals surface area contributed by atoms with Gasteiger partial charge in [0.2, 0.25) is 0 Å². The standard InChI is InChI=1S/C15H15N5O5/c16-19-20-18-11-3-1-8(2-4-11)13(21)17-12-6-9(14(22)23)5-10(7-12)15(24)25/h1-7,18-20H,16H2,(H,17,21)(H,22,23)(H,24,25). The van der Waals surface area contributed by atoms with Crippen molar-refractivity contribution in [1.29, 1.82) is 0 Å². The first-order valence-electron chi connectivity index (χ1n) is 6.90. The van der Waals surface area contributed by atoms with Gasteiger partial charge in [-0.3, -0.25) is 10.6 Å². The second-order valence-corrected chi connectivity index (χ2v) is 4.84. The van der Waals surface area contributed by atoms with Crippen molar-refractivity contribution in [3.8, 4) is 0 Å². The molecule has 0 unspecified atom stereocenters. The van der Waals surface area contributed by atoms with Gasteiger partial charge in [-0.25, -0.2) is 9.59 Å². The summed E-state index contributed by atoms with van der Waals surface area (Å²) in [6, 6.07) is 9.63. The van der Waals surface area contributed by atoms with Crippen molar-refractivity contribution in [2.45, 2.75) is 0 Å². The highest BCUT2D eigenvalue weighted by atomic mass is 16.4. The fourth-order valence-electron chi connectivity index (χ4n) is 1.96. The second kappa shape index (κ2) is 7.88. The number of nitrogens with two attached hydrogens (primary N) is 1. The SMILES string of the molecule is NNNNc1ccc(C(=O)Nc2cc(C(=O)O)cc(C(=O)O)c2)cc1. The summed E-state index contributed by atoms with van der Waals surface area (Å²) in [5.74, 6) is 1.93. The highest BCUT2D eigenvalue weighted by Gasteiger charge is 2.13. The Labute approximate surface area is 141 Å². The Bertz CT molecular complexity index is 774. The minimum Gasteiger partial charge on any atom is -0.478 e. The molecular weight excluding hydrogens is 330 g/mol. The molecule has 0 saturated carbocycles. The summed E-state index contributed by atoms with van der Waals surface area (Å²) < 4.78 is 0. The van der Waals surface area contributed by atoms with Gasteiger partial charge in [0.05, 0.1) is 16.8 Å². The zero-order valence-electron chi connectivity index (χ0n) is 12.7. The number of amides is 1. The van der Waals surface area contributed by atoms with Crippen LogP contribution in [0, 0.1) is 0 Å². The molecule has 8 N–H and O–H groups in total. The minimum atomic E-state index is -1.30. The van der Waals surface area contributed by atoms with Crippen LogP contribution < -0.4 is 27.7 Å². The molecule has 2 aromatic rings. The second-order valence-electron chi connectivity index (χ2n) is 4.84. The number of carbonyl (C=O) groups excluding carboxylic acids is 1. The third-order valence-electron chi connectivity index (χ3n) is 3.11. The molecule has 0 saturated heterocycles. The van der Waals surface area contributed by atoms with E-state index in [-0.39, 0.29) is 16.8 Å². The summed E-state index contributed by atoms with van der Waals surface area (Å²) in [5.41, 5.74) is 7.85. The average molecular weight is 345 g/mol. The Hall–Kier alpha value is -3.47. The van der Waals surface area contributed by atoms with Gasteiger partial charge in [-0.15, -0.1) is 0 Å². The normalized spacial score (nSPS) is 10.1. The van der Waals surface area contributed by atoms with Gasteiger partial charge in [0.25, 0.3) is 5.91 Å². The molecule has 0 bridgehead atoms. The number of carboxylic acids is 2. The number of benzene rings is 2. The Kier molecular flexibility index (Phi) is 5.63. The van der Waals surface area contributed by atoms with E-state index in [9.17, 15) is 14.4 Å². The number of nitrogens with one attached hydrogen (secondary N) is 4. The largest absolute Gasteiger partial charge is 0.478 e. The molecule has 0 heterocycles. The number of hydrogen-bond acceptors (Lipinski definition) is 7. The van der Waals surface area contributed by atoms with E-state index in [4.69, 9.17) is 16.1 Å². The number of aromatic carboxylic acids is 2. The molecule has 0 aliphatic rings. The molecular formula is C15H15N5O5. The van der Waals surface area contributed by atoms with Crippen molar-refractivity contribution in [2.75, 3.05) is 10.7 Å². The molecule has 0 spiro atoms. The summed E-state index contributed by atoms with van der Waals surface area (Å²) in [7, 11) is 0. The molecule has 0 aliphatic carbocycles. The number of anilines is 2. The number of hydrogen-bond donors (Lipinski definition) is 7. The summed E-state index contributed by atoms with van der Waals surface area (Å²) in [5, 5.41) is 20.5. The Morgan fingerprint density at radius 2 is 1.36 bits per heavy atom. The van der Waals surface area contributed by atoms with Crippen LogP contribution in [0.1, 0.15) is 31.1 Å². The maximum absolute atomic E-state index is 12.2. The molecule has 2 aromatic carbocycles. The topological polar surface area (TPSA) is 166 Å². The van der Waals surface area contributed by atoms with E-state index in [1.807, 2.05) is 0 Å². The molecule has 130 valence electrons. The molecule has 10 heteroatoms. The molecule has 10 nitrogen and oxygen atoms in total. The fourth-order valence-corrected chi connectivity index (χ4v) is 1.96. The first-order chi connectivity index (χ1) is 11.9. The third kappa shape index (κ3) is 4.75. The van der Waals surface area contributed by atoms with Crippen LogP contribution in [0.15, 0.2) is 42.5 Å². The van der Waals surface area contributed by atoms with Gasteiger partial charge in [-0.2, -0.15) is 11.1 Å². The van der Waals surface area contributed by atoms with Crippen LogP contribution in [0.3, 0.4) is 0 Å². The van der Waals surface area contributed by atoms with Gasteiger partial charge < -0.3 is 21.0 Å².